The molecule has 1 saturated heterocycles. The monoisotopic (exact) mass is 398 g/mol. The van der Waals surface area contributed by atoms with Crippen molar-refractivity contribution in [2.24, 2.45) is 0 Å². The predicted molar refractivity (Wildman–Crippen MR) is 105 cm³/mol. The number of hydrogen-bond acceptors (Lipinski definition) is 4. The summed E-state index contributed by atoms with van der Waals surface area (Å²) in [7, 11) is 0. The van der Waals surface area contributed by atoms with Crippen molar-refractivity contribution in [3.8, 4) is 11.8 Å². The number of nitriles is 1. The van der Waals surface area contributed by atoms with Gasteiger partial charge in [0.1, 0.15) is 6.10 Å². The van der Waals surface area contributed by atoms with Crippen molar-refractivity contribution in [1.82, 2.24) is 15.2 Å². The van der Waals surface area contributed by atoms with Crippen molar-refractivity contribution in [2.75, 3.05) is 13.1 Å². The van der Waals surface area contributed by atoms with E-state index in [0.29, 0.717) is 31.5 Å². The normalized spacial score (nSPS) is 14.3. The molecular formula is C21H23FN4O3. The zero-order valence-electron chi connectivity index (χ0n) is 16.4. The second-order valence-corrected chi connectivity index (χ2v) is 7.16. The van der Waals surface area contributed by atoms with Gasteiger partial charge < -0.3 is 19.9 Å². The van der Waals surface area contributed by atoms with Crippen molar-refractivity contribution in [3.05, 3.63) is 62.8 Å². The van der Waals surface area contributed by atoms with Gasteiger partial charge >= 0.3 is 6.03 Å². The number of aromatic amines is 1. The van der Waals surface area contributed by atoms with Crippen molar-refractivity contribution < 1.29 is 13.9 Å². The average molecular weight is 398 g/mol. The number of aromatic nitrogens is 1. The summed E-state index contributed by atoms with van der Waals surface area (Å²) in [5.74, 6) is -0.455. The van der Waals surface area contributed by atoms with E-state index in [9.17, 15) is 14.0 Å². The first-order valence-corrected chi connectivity index (χ1v) is 9.46. The molecule has 8 heteroatoms. The Kier molecular flexibility index (Phi) is 6.17. The zero-order chi connectivity index (χ0) is 21.0. The number of nitrogens with zero attached hydrogens (tertiary/aromatic N) is 2. The van der Waals surface area contributed by atoms with Crippen molar-refractivity contribution in [1.29, 1.82) is 5.26 Å². The van der Waals surface area contributed by atoms with Crippen LogP contribution in [0, 0.1) is 31.0 Å². The number of nitrogens with one attached hydrogen (secondary N) is 2. The number of ether oxygens (including phenoxy) is 1. The second kappa shape index (κ2) is 8.78. The maximum Gasteiger partial charge on any atom is 0.317 e. The molecule has 1 aliphatic rings. The fourth-order valence-electron chi connectivity index (χ4n) is 3.40. The van der Waals surface area contributed by atoms with Crippen molar-refractivity contribution in [3.63, 3.8) is 0 Å². The highest BCUT2D eigenvalue weighted by molar-refractivity contribution is 5.74. The van der Waals surface area contributed by atoms with Gasteiger partial charge in [0, 0.05) is 37.2 Å². The van der Waals surface area contributed by atoms with Gasteiger partial charge in [0.2, 0.25) is 0 Å². The number of H-pyrrole nitrogens is 1. The Labute approximate surface area is 168 Å². The standard InChI is InChI=1S/C21H23FN4O3/c1-13-9-14(2)25-20(27)17(13)12-24-21(28)26-7-5-16(6-8-26)29-19-4-3-15(11-23)10-18(19)22/h3-4,9-10,16H,5-8,12H2,1-2H3,(H,24,28)(H,25,27). The lowest BCUT2D eigenvalue weighted by Crippen LogP contribution is -2.46. The molecule has 2 amide bonds. The van der Waals surface area contributed by atoms with Crippen LogP contribution in [0.1, 0.15) is 35.2 Å². The number of urea groups is 1. The maximum absolute atomic E-state index is 14.0. The zero-order valence-corrected chi connectivity index (χ0v) is 16.4. The third-order valence-corrected chi connectivity index (χ3v) is 4.99. The molecule has 0 atom stereocenters. The van der Waals surface area contributed by atoms with Gasteiger partial charge in [-0.1, -0.05) is 0 Å². The summed E-state index contributed by atoms with van der Waals surface area (Å²) in [6.45, 7) is 4.75. The lowest BCUT2D eigenvalue weighted by atomic mass is 10.1. The van der Waals surface area contributed by atoms with Crippen LogP contribution < -0.4 is 15.6 Å². The van der Waals surface area contributed by atoms with E-state index in [1.54, 1.807) is 4.90 Å². The minimum absolute atomic E-state index is 0.112. The predicted octanol–water partition coefficient (Wildman–Crippen LogP) is 2.76. The van der Waals surface area contributed by atoms with E-state index < -0.39 is 5.82 Å². The number of pyridine rings is 1. The van der Waals surface area contributed by atoms with Crippen LogP contribution in [0.5, 0.6) is 5.75 Å². The van der Waals surface area contributed by atoms with Crippen LogP contribution in [0.15, 0.2) is 29.1 Å². The van der Waals surface area contributed by atoms with Gasteiger partial charge in [0.25, 0.3) is 5.56 Å². The molecule has 2 aromatic rings. The SMILES string of the molecule is Cc1cc(C)c(CNC(=O)N2CCC(Oc3ccc(C#N)cc3F)CC2)c(=O)[nH]1. The average Bonchev–Trinajstić information content (AvgIpc) is 2.69. The van der Waals surface area contributed by atoms with Crippen LogP contribution in [0.25, 0.3) is 0 Å². The van der Waals surface area contributed by atoms with Gasteiger partial charge in [-0.15, -0.1) is 0 Å². The highest BCUT2D eigenvalue weighted by atomic mass is 19.1. The van der Waals surface area contributed by atoms with Crippen LogP contribution in [-0.4, -0.2) is 35.1 Å². The molecule has 0 unspecified atom stereocenters. The van der Waals surface area contributed by atoms with E-state index in [1.165, 1.54) is 12.1 Å². The van der Waals surface area contributed by atoms with Crippen LogP contribution in [0.3, 0.4) is 0 Å². The summed E-state index contributed by atoms with van der Waals surface area (Å²) in [4.78, 5) is 28.9. The fourth-order valence-corrected chi connectivity index (χ4v) is 3.40. The first kappa shape index (κ1) is 20.4. The first-order chi connectivity index (χ1) is 13.9. The fraction of sp³-hybridized carbons (Fsp3) is 0.381. The number of halogens is 1. The molecule has 1 fully saturated rings. The van der Waals surface area contributed by atoms with E-state index in [2.05, 4.69) is 10.3 Å². The topological polar surface area (TPSA) is 98.2 Å². The lowest BCUT2D eigenvalue weighted by Gasteiger charge is -2.32. The molecule has 152 valence electrons. The van der Waals surface area contributed by atoms with Crippen molar-refractivity contribution >= 4 is 6.03 Å². The van der Waals surface area contributed by atoms with Crippen molar-refractivity contribution in [2.45, 2.75) is 39.3 Å². The van der Waals surface area contributed by atoms with Crippen LogP contribution in [0.2, 0.25) is 0 Å². The molecule has 0 aliphatic carbocycles. The summed E-state index contributed by atoms with van der Waals surface area (Å²) in [5, 5.41) is 11.6. The number of piperidine rings is 1. The number of likely N-dealkylation sites (tertiary alicyclic amines) is 1. The Hall–Kier alpha value is -3.34. The number of carbonyl (C=O) groups is 1. The quantitative estimate of drug-likeness (QED) is 0.827. The lowest BCUT2D eigenvalue weighted by molar-refractivity contribution is 0.107. The third-order valence-electron chi connectivity index (χ3n) is 4.99. The van der Waals surface area contributed by atoms with E-state index >= 15 is 0 Å². The first-order valence-electron chi connectivity index (χ1n) is 9.46. The van der Waals surface area contributed by atoms with Crippen LogP contribution in [0.4, 0.5) is 9.18 Å². The van der Waals surface area contributed by atoms with E-state index in [1.807, 2.05) is 26.0 Å². The molecule has 1 aromatic heterocycles. The van der Waals surface area contributed by atoms with E-state index in [-0.39, 0.29) is 35.6 Å². The number of aryl methyl sites for hydroxylation is 2. The third kappa shape index (κ3) is 4.93. The molecule has 1 aliphatic heterocycles. The Morgan fingerprint density at radius 3 is 2.69 bits per heavy atom. The van der Waals surface area contributed by atoms with Gasteiger partial charge in [-0.25, -0.2) is 9.18 Å². The summed E-state index contributed by atoms with van der Waals surface area (Å²) in [6, 6.07) is 7.62. The molecule has 7 nitrogen and oxygen atoms in total. The Morgan fingerprint density at radius 2 is 2.07 bits per heavy atom. The van der Waals surface area contributed by atoms with E-state index in [4.69, 9.17) is 10.00 Å². The molecule has 0 saturated carbocycles. The highest BCUT2D eigenvalue weighted by Crippen LogP contribution is 2.23. The van der Waals surface area contributed by atoms with E-state index in [0.717, 1.165) is 17.3 Å². The summed E-state index contributed by atoms with van der Waals surface area (Å²) in [6.07, 6.45) is 0.928. The molecule has 0 spiro atoms. The summed E-state index contributed by atoms with van der Waals surface area (Å²) in [5.41, 5.74) is 2.20. The molecule has 2 heterocycles. The Morgan fingerprint density at radius 1 is 1.34 bits per heavy atom. The largest absolute Gasteiger partial charge is 0.487 e. The number of benzene rings is 1. The number of amides is 2. The molecule has 1 aromatic carbocycles. The molecule has 2 N–H and O–H groups in total. The molecule has 0 radical (unpaired) electrons. The number of rotatable bonds is 4. The molecule has 3 rings (SSSR count). The van der Waals surface area contributed by atoms with Gasteiger partial charge in [-0.05, 0) is 43.7 Å². The molecule has 0 bridgehead atoms. The smallest absolute Gasteiger partial charge is 0.317 e. The number of hydrogen-bond donors (Lipinski definition) is 2. The Balaban J connectivity index is 1.51. The second-order valence-electron chi connectivity index (χ2n) is 7.16. The minimum atomic E-state index is -0.567. The molecule has 29 heavy (non-hydrogen) atoms. The van der Waals surface area contributed by atoms with Crippen LogP contribution >= 0.6 is 0 Å². The number of carbonyl (C=O) groups excluding carboxylic acids is 1. The summed E-state index contributed by atoms with van der Waals surface area (Å²) < 4.78 is 19.7. The van der Waals surface area contributed by atoms with Crippen LogP contribution in [-0.2, 0) is 6.54 Å². The Bertz CT molecular complexity index is 1000. The summed E-state index contributed by atoms with van der Waals surface area (Å²) >= 11 is 0. The van der Waals surface area contributed by atoms with Gasteiger partial charge in [0.15, 0.2) is 11.6 Å². The maximum atomic E-state index is 14.0. The minimum Gasteiger partial charge on any atom is -0.487 e. The highest BCUT2D eigenvalue weighted by Gasteiger charge is 2.24. The van der Waals surface area contributed by atoms with Gasteiger partial charge in [-0.2, -0.15) is 5.26 Å². The molecular weight excluding hydrogens is 375 g/mol. The van der Waals surface area contributed by atoms with Gasteiger partial charge in [-0.3, -0.25) is 4.79 Å². The van der Waals surface area contributed by atoms with Gasteiger partial charge in [0.05, 0.1) is 18.2 Å².